The van der Waals surface area contributed by atoms with E-state index in [9.17, 15) is 26.0 Å². The van der Waals surface area contributed by atoms with E-state index in [-0.39, 0.29) is 5.75 Å². The van der Waals surface area contributed by atoms with Crippen LogP contribution in [-0.4, -0.2) is 13.0 Å². The Morgan fingerprint density at radius 2 is 1.25 bits per heavy atom. The van der Waals surface area contributed by atoms with Crippen LogP contribution in [0.3, 0.4) is 0 Å². The Bertz CT molecular complexity index is 898. The number of hydrogen-bond donors (Lipinski definition) is 1. The van der Waals surface area contributed by atoms with Gasteiger partial charge in [0.05, 0.1) is 7.14 Å². The Hall–Kier alpha value is 0.0600. The highest BCUT2D eigenvalue weighted by Gasteiger charge is 2.33. The number of rotatable bonds is 3. The van der Waals surface area contributed by atoms with Crippen molar-refractivity contribution in [2.45, 2.75) is 4.90 Å². The van der Waals surface area contributed by atoms with Gasteiger partial charge in [-0.05, 0) is 79.9 Å². The molecule has 130 valence electrons. The summed E-state index contributed by atoms with van der Waals surface area (Å²) in [4.78, 5) is -2.11. The molecule has 0 fully saturated rings. The van der Waals surface area contributed by atoms with Crippen LogP contribution in [0.4, 0.5) is 17.6 Å². The van der Waals surface area contributed by atoms with E-state index in [0.29, 0.717) is 7.14 Å². The Morgan fingerprint density at radius 3 is 1.62 bits per heavy atom. The normalized spacial score (nSPS) is 11.7. The second-order valence-electron chi connectivity index (χ2n) is 4.19. The monoisotopic (exact) mass is 700 g/mol. The lowest BCUT2D eigenvalue weighted by Crippen LogP contribution is -2.11. The molecule has 0 amide bonds. The SMILES string of the molecule is O=S(=O)(O)c1c(F)c(F)c(Oc2c(I)cc(I)cc2I)c(F)c1F. The fourth-order valence-corrected chi connectivity index (χ4v) is 6.07. The van der Waals surface area contributed by atoms with E-state index in [2.05, 4.69) is 0 Å². The first-order valence-electron chi connectivity index (χ1n) is 5.61. The summed E-state index contributed by atoms with van der Waals surface area (Å²) < 4.78 is 92.5. The lowest BCUT2D eigenvalue weighted by Gasteiger charge is -2.14. The summed E-state index contributed by atoms with van der Waals surface area (Å²) >= 11 is 5.58. The predicted molar refractivity (Wildman–Crippen MR) is 101 cm³/mol. The van der Waals surface area contributed by atoms with Crippen LogP contribution >= 0.6 is 67.8 Å². The quantitative estimate of drug-likeness (QED) is 0.210. The Labute approximate surface area is 174 Å². The molecular formula is C12H3F4I3O4S. The highest BCUT2D eigenvalue weighted by atomic mass is 127. The molecule has 0 spiro atoms. The van der Waals surface area contributed by atoms with Gasteiger partial charge < -0.3 is 4.74 Å². The molecule has 0 radical (unpaired) electrons. The number of ether oxygens (including phenoxy) is 1. The largest absolute Gasteiger partial charge is 0.449 e. The Balaban J connectivity index is 2.71. The van der Waals surface area contributed by atoms with Crippen molar-refractivity contribution in [2.24, 2.45) is 0 Å². The van der Waals surface area contributed by atoms with E-state index < -0.39 is 44.0 Å². The summed E-state index contributed by atoms with van der Waals surface area (Å²) in [6, 6.07) is 3.18. The molecule has 4 nitrogen and oxygen atoms in total. The van der Waals surface area contributed by atoms with Crippen molar-refractivity contribution in [3.63, 3.8) is 0 Å². The molecule has 2 rings (SSSR count). The molecule has 0 atom stereocenters. The van der Waals surface area contributed by atoms with E-state index in [4.69, 9.17) is 9.29 Å². The van der Waals surface area contributed by atoms with Gasteiger partial charge in [0.2, 0.25) is 17.4 Å². The lowest BCUT2D eigenvalue weighted by atomic mass is 10.2. The molecule has 12 heteroatoms. The van der Waals surface area contributed by atoms with Gasteiger partial charge in [-0.15, -0.1) is 0 Å². The average Bonchev–Trinajstić information content (AvgIpc) is 2.42. The van der Waals surface area contributed by atoms with Gasteiger partial charge >= 0.3 is 10.1 Å². The standard InChI is InChI=1S/C12H3F4I3O4S/c13-6-8(15)12(24(20,21)22)9(16)7(14)11(6)23-10-4(18)1-3(17)2-5(10)19/h1-2H,(H,20,21,22). The summed E-state index contributed by atoms with van der Waals surface area (Å²) in [5.74, 6) is -10.2. The molecule has 1 N–H and O–H groups in total. The van der Waals surface area contributed by atoms with Crippen molar-refractivity contribution >= 4 is 77.9 Å². The molecule has 0 aliphatic heterocycles. The summed E-state index contributed by atoms with van der Waals surface area (Å²) in [6.45, 7) is 0. The zero-order valence-corrected chi connectivity index (χ0v) is 18.2. The maximum Gasteiger partial charge on any atom is 0.300 e. The molecule has 24 heavy (non-hydrogen) atoms. The van der Waals surface area contributed by atoms with Gasteiger partial charge in [-0.25, -0.2) is 8.78 Å². The van der Waals surface area contributed by atoms with Gasteiger partial charge in [-0.3, -0.25) is 4.55 Å². The van der Waals surface area contributed by atoms with Gasteiger partial charge in [-0.2, -0.15) is 17.2 Å². The zero-order valence-electron chi connectivity index (χ0n) is 10.9. The second-order valence-corrected chi connectivity index (χ2v) is 9.12. The lowest BCUT2D eigenvalue weighted by molar-refractivity contribution is 0.345. The Kier molecular flexibility index (Phi) is 6.24. The van der Waals surface area contributed by atoms with Gasteiger partial charge in [-0.1, -0.05) is 0 Å². The Morgan fingerprint density at radius 1 is 0.833 bits per heavy atom. The molecule has 0 heterocycles. The number of halogens is 7. The first kappa shape index (κ1) is 20.4. The van der Waals surface area contributed by atoms with Gasteiger partial charge in [0.15, 0.2) is 22.3 Å². The molecule has 0 bridgehead atoms. The maximum atomic E-state index is 14.0. The predicted octanol–water partition coefficient (Wildman–Crippen LogP) is 5.10. The number of benzene rings is 2. The minimum Gasteiger partial charge on any atom is -0.449 e. The van der Waals surface area contributed by atoms with Crippen molar-refractivity contribution in [1.82, 2.24) is 0 Å². The van der Waals surface area contributed by atoms with Crippen LogP contribution in [0.15, 0.2) is 17.0 Å². The van der Waals surface area contributed by atoms with Crippen LogP contribution < -0.4 is 4.74 Å². The summed E-state index contributed by atoms with van der Waals surface area (Å²) in [5.41, 5.74) is 0. The average molecular weight is 700 g/mol. The highest BCUT2D eigenvalue weighted by molar-refractivity contribution is 14.1. The van der Waals surface area contributed by atoms with E-state index in [1.807, 2.05) is 22.6 Å². The van der Waals surface area contributed by atoms with Crippen LogP contribution in [0, 0.1) is 34.0 Å². The first-order chi connectivity index (χ1) is 10.9. The minimum atomic E-state index is -5.51. The summed E-state index contributed by atoms with van der Waals surface area (Å²) in [5, 5.41) is 0. The number of hydrogen-bond acceptors (Lipinski definition) is 3. The highest BCUT2D eigenvalue weighted by Crippen LogP contribution is 2.38. The third-order valence-corrected chi connectivity index (χ3v) is 5.71. The molecule has 0 saturated heterocycles. The maximum absolute atomic E-state index is 14.0. The molecular weight excluding hydrogens is 697 g/mol. The third kappa shape index (κ3) is 3.90. The van der Waals surface area contributed by atoms with Crippen LogP contribution in [0.25, 0.3) is 0 Å². The van der Waals surface area contributed by atoms with Crippen molar-refractivity contribution in [2.75, 3.05) is 0 Å². The van der Waals surface area contributed by atoms with Crippen LogP contribution in [0.1, 0.15) is 0 Å². The van der Waals surface area contributed by atoms with Gasteiger partial charge in [0, 0.05) is 3.57 Å². The second kappa shape index (κ2) is 7.36. The molecule has 0 aliphatic carbocycles. The smallest absolute Gasteiger partial charge is 0.300 e. The first-order valence-corrected chi connectivity index (χ1v) is 10.3. The van der Waals surface area contributed by atoms with Crippen molar-refractivity contribution in [3.05, 3.63) is 46.1 Å². The van der Waals surface area contributed by atoms with Crippen LogP contribution in [0.2, 0.25) is 0 Å². The van der Waals surface area contributed by atoms with Crippen molar-refractivity contribution in [1.29, 1.82) is 0 Å². The van der Waals surface area contributed by atoms with E-state index >= 15 is 0 Å². The molecule has 0 unspecified atom stereocenters. The molecule has 0 aliphatic rings. The van der Waals surface area contributed by atoms with E-state index in [1.54, 1.807) is 57.3 Å². The zero-order chi connectivity index (χ0) is 18.4. The summed E-state index contributed by atoms with van der Waals surface area (Å²) in [6.07, 6.45) is 0. The van der Waals surface area contributed by atoms with E-state index in [1.165, 1.54) is 0 Å². The summed E-state index contributed by atoms with van der Waals surface area (Å²) in [7, 11) is -5.51. The topological polar surface area (TPSA) is 63.6 Å². The molecule has 2 aromatic carbocycles. The van der Waals surface area contributed by atoms with Crippen molar-refractivity contribution in [3.8, 4) is 11.5 Å². The van der Waals surface area contributed by atoms with Crippen LogP contribution in [-0.2, 0) is 10.1 Å². The van der Waals surface area contributed by atoms with Crippen LogP contribution in [0.5, 0.6) is 11.5 Å². The fourth-order valence-electron chi connectivity index (χ4n) is 1.64. The third-order valence-electron chi connectivity index (χ3n) is 2.61. The molecule has 0 aromatic heterocycles. The fraction of sp³-hybridized carbons (Fsp3) is 0. The van der Waals surface area contributed by atoms with E-state index in [0.717, 1.165) is 3.57 Å². The molecule has 2 aromatic rings. The molecule has 0 saturated carbocycles. The van der Waals surface area contributed by atoms with Gasteiger partial charge in [0.1, 0.15) is 0 Å². The minimum absolute atomic E-state index is 0.0622. The van der Waals surface area contributed by atoms with Crippen molar-refractivity contribution < 1.29 is 35.3 Å². The van der Waals surface area contributed by atoms with Gasteiger partial charge in [0.25, 0.3) is 0 Å².